The van der Waals surface area contributed by atoms with Crippen LogP contribution in [0.2, 0.25) is 0 Å². The van der Waals surface area contributed by atoms with E-state index in [0.29, 0.717) is 0 Å². The van der Waals surface area contributed by atoms with Crippen LogP contribution in [0.5, 0.6) is 0 Å². The first-order chi connectivity index (χ1) is 9.85. The highest BCUT2D eigenvalue weighted by Crippen LogP contribution is 2.30. The lowest BCUT2D eigenvalue weighted by Crippen LogP contribution is -2.46. The smallest absolute Gasteiger partial charge is 0.130 e. The molecule has 2 heterocycles. The Balaban J connectivity index is 1.51. The summed E-state index contributed by atoms with van der Waals surface area (Å²) >= 11 is 0. The van der Waals surface area contributed by atoms with Gasteiger partial charge in [0, 0.05) is 57.6 Å². The molecule has 0 atom stereocenters. The molecular weight excluding hydrogens is 248 g/mol. The lowest BCUT2D eigenvalue weighted by atomic mass is 10.2. The molecule has 1 saturated heterocycles. The highest BCUT2D eigenvalue weighted by atomic mass is 15.3. The molecule has 1 saturated carbocycles. The molecule has 2 fully saturated rings. The van der Waals surface area contributed by atoms with E-state index >= 15 is 0 Å². The molecule has 2 aliphatic rings. The molecule has 1 aromatic rings. The Hall–Kier alpha value is -1.13. The van der Waals surface area contributed by atoms with Crippen LogP contribution >= 0.6 is 0 Å². The van der Waals surface area contributed by atoms with Gasteiger partial charge in [-0.3, -0.25) is 4.90 Å². The van der Waals surface area contributed by atoms with E-state index in [1.54, 1.807) is 0 Å². The number of nitrogens with one attached hydrogen (secondary N) is 1. The zero-order chi connectivity index (χ0) is 13.8. The van der Waals surface area contributed by atoms with Gasteiger partial charge in [0.1, 0.15) is 5.82 Å². The first kappa shape index (κ1) is 13.8. The van der Waals surface area contributed by atoms with E-state index in [9.17, 15) is 0 Å². The van der Waals surface area contributed by atoms with Crippen molar-refractivity contribution >= 4 is 5.82 Å². The molecule has 110 valence electrons. The fourth-order valence-electron chi connectivity index (χ4n) is 2.93. The van der Waals surface area contributed by atoms with Crippen molar-refractivity contribution in [1.82, 2.24) is 14.8 Å². The van der Waals surface area contributed by atoms with E-state index in [4.69, 9.17) is 0 Å². The third kappa shape index (κ3) is 3.70. The van der Waals surface area contributed by atoms with Crippen molar-refractivity contribution in [2.24, 2.45) is 5.92 Å². The minimum absolute atomic E-state index is 0.930. The normalized spacial score (nSPS) is 21.1. The minimum Gasteiger partial charge on any atom is -0.370 e. The van der Waals surface area contributed by atoms with Gasteiger partial charge in [-0.25, -0.2) is 4.98 Å². The SMILES string of the molecule is CCNc1ncccc1CN1CCN(CC2CC2)CC1. The lowest BCUT2D eigenvalue weighted by molar-refractivity contribution is 0.123. The van der Waals surface area contributed by atoms with Gasteiger partial charge in [0.25, 0.3) is 0 Å². The summed E-state index contributed by atoms with van der Waals surface area (Å²) in [7, 11) is 0. The van der Waals surface area contributed by atoms with Crippen LogP contribution in [0, 0.1) is 5.92 Å². The summed E-state index contributed by atoms with van der Waals surface area (Å²) in [4.78, 5) is 9.65. The van der Waals surface area contributed by atoms with E-state index in [2.05, 4.69) is 33.1 Å². The van der Waals surface area contributed by atoms with Gasteiger partial charge in [-0.15, -0.1) is 0 Å². The summed E-state index contributed by atoms with van der Waals surface area (Å²) in [5.41, 5.74) is 1.32. The van der Waals surface area contributed by atoms with Gasteiger partial charge in [0.05, 0.1) is 0 Å². The van der Waals surface area contributed by atoms with Crippen LogP contribution in [0.3, 0.4) is 0 Å². The number of hydrogen-bond donors (Lipinski definition) is 1. The van der Waals surface area contributed by atoms with Crippen LogP contribution in [-0.2, 0) is 6.54 Å². The molecule has 0 radical (unpaired) electrons. The maximum Gasteiger partial charge on any atom is 0.130 e. The largest absolute Gasteiger partial charge is 0.370 e. The molecular formula is C16H26N4. The van der Waals surface area contributed by atoms with Gasteiger partial charge >= 0.3 is 0 Å². The predicted molar refractivity (Wildman–Crippen MR) is 82.8 cm³/mol. The number of anilines is 1. The van der Waals surface area contributed by atoms with Crippen molar-refractivity contribution in [2.45, 2.75) is 26.3 Å². The topological polar surface area (TPSA) is 31.4 Å². The molecule has 1 N–H and O–H groups in total. The fraction of sp³-hybridized carbons (Fsp3) is 0.688. The summed E-state index contributed by atoms with van der Waals surface area (Å²) in [6.07, 6.45) is 4.79. The fourth-order valence-corrected chi connectivity index (χ4v) is 2.93. The van der Waals surface area contributed by atoms with Crippen molar-refractivity contribution in [3.8, 4) is 0 Å². The Kier molecular flexibility index (Phi) is 4.53. The zero-order valence-corrected chi connectivity index (χ0v) is 12.5. The average Bonchev–Trinajstić information content (AvgIpc) is 3.27. The second kappa shape index (κ2) is 6.55. The molecule has 4 nitrogen and oxygen atoms in total. The van der Waals surface area contributed by atoms with Crippen LogP contribution < -0.4 is 5.32 Å². The number of aromatic nitrogens is 1. The Labute approximate surface area is 122 Å². The van der Waals surface area contributed by atoms with Crippen LogP contribution in [0.15, 0.2) is 18.3 Å². The summed E-state index contributed by atoms with van der Waals surface area (Å²) < 4.78 is 0. The average molecular weight is 274 g/mol. The first-order valence-electron chi connectivity index (χ1n) is 7.97. The number of hydrogen-bond acceptors (Lipinski definition) is 4. The highest BCUT2D eigenvalue weighted by molar-refractivity contribution is 5.43. The van der Waals surface area contributed by atoms with Crippen molar-refractivity contribution in [2.75, 3.05) is 44.6 Å². The Morgan fingerprint density at radius 1 is 1.20 bits per heavy atom. The Morgan fingerprint density at radius 2 is 1.95 bits per heavy atom. The number of piperazine rings is 1. The van der Waals surface area contributed by atoms with Gasteiger partial charge in [-0.2, -0.15) is 0 Å². The second-order valence-electron chi connectivity index (χ2n) is 6.06. The van der Waals surface area contributed by atoms with Gasteiger partial charge in [0.2, 0.25) is 0 Å². The molecule has 3 rings (SSSR count). The van der Waals surface area contributed by atoms with Crippen LogP contribution in [0.25, 0.3) is 0 Å². The van der Waals surface area contributed by atoms with Gasteiger partial charge < -0.3 is 10.2 Å². The Bertz CT molecular complexity index is 422. The Morgan fingerprint density at radius 3 is 2.65 bits per heavy atom. The molecule has 1 aliphatic heterocycles. The molecule has 0 amide bonds. The summed E-state index contributed by atoms with van der Waals surface area (Å²) in [5, 5.41) is 3.36. The summed E-state index contributed by atoms with van der Waals surface area (Å²) in [6, 6.07) is 4.24. The van der Waals surface area contributed by atoms with Gasteiger partial charge in [0.15, 0.2) is 0 Å². The number of rotatable bonds is 6. The third-order valence-electron chi connectivity index (χ3n) is 4.31. The standard InChI is InChI=1S/C16H26N4/c1-2-17-16-15(4-3-7-18-16)13-20-10-8-19(9-11-20)12-14-5-6-14/h3-4,7,14H,2,5-6,8-13H2,1H3,(H,17,18). The molecule has 0 spiro atoms. The molecule has 0 aromatic carbocycles. The van der Waals surface area contributed by atoms with E-state index in [-0.39, 0.29) is 0 Å². The maximum atomic E-state index is 4.45. The van der Waals surface area contributed by atoms with E-state index in [0.717, 1.165) is 24.8 Å². The molecule has 20 heavy (non-hydrogen) atoms. The molecule has 0 unspecified atom stereocenters. The quantitative estimate of drug-likeness (QED) is 0.860. The van der Waals surface area contributed by atoms with Crippen LogP contribution in [0.1, 0.15) is 25.3 Å². The van der Waals surface area contributed by atoms with Crippen molar-refractivity contribution < 1.29 is 0 Å². The monoisotopic (exact) mass is 274 g/mol. The van der Waals surface area contributed by atoms with Crippen molar-refractivity contribution in [3.63, 3.8) is 0 Å². The van der Waals surface area contributed by atoms with Gasteiger partial charge in [-0.05, 0) is 31.7 Å². The summed E-state index contributed by atoms with van der Waals surface area (Å²) in [6.45, 7) is 10.2. The second-order valence-corrected chi connectivity index (χ2v) is 6.06. The zero-order valence-electron chi connectivity index (χ0n) is 12.5. The predicted octanol–water partition coefficient (Wildman–Crippen LogP) is 2.04. The van der Waals surface area contributed by atoms with E-state index in [1.165, 1.54) is 51.1 Å². The van der Waals surface area contributed by atoms with Gasteiger partial charge in [-0.1, -0.05) is 6.07 Å². The summed E-state index contributed by atoms with van der Waals surface area (Å²) in [5.74, 6) is 2.07. The first-order valence-corrected chi connectivity index (χ1v) is 7.97. The van der Waals surface area contributed by atoms with Crippen molar-refractivity contribution in [3.05, 3.63) is 23.9 Å². The molecule has 4 heteroatoms. The minimum atomic E-state index is 0.930. The van der Waals surface area contributed by atoms with E-state index in [1.807, 2.05) is 12.3 Å². The molecule has 1 aromatic heterocycles. The van der Waals surface area contributed by atoms with Crippen molar-refractivity contribution in [1.29, 1.82) is 0 Å². The van der Waals surface area contributed by atoms with E-state index < -0.39 is 0 Å². The molecule has 0 bridgehead atoms. The maximum absolute atomic E-state index is 4.45. The lowest BCUT2D eigenvalue weighted by Gasteiger charge is -2.35. The van der Waals surface area contributed by atoms with Crippen LogP contribution in [0.4, 0.5) is 5.82 Å². The number of nitrogens with zero attached hydrogens (tertiary/aromatic N) is 3. The van der Waals surface area contributed by atoms with Crippen LogP contribution in [-0.4, -0.2) is 54.1 Å². The highest BCUT2D eigenvalue weighted by Gasteiger charge is 2.26. The number of pyridine rings is 1. The third-order valence-corrected chi connectivity index (χ3v) is 4.31. The molecule has 1 aliphatic carbocycles.